The van der Waals surface area contributed by atoms with Crippen LogP contribution >= 0.6 is 11.3 Å². The largest absolute Gasteiger partial charge is 0.495 e. The highest BCUT2D eigenvalue weighted by Crippen LogP contribution is 2.48. The van der Waals surface area contributed by atoms with Crippen molar-refractivity contribution in [2.45, 2.75) is 25.6 Å². The summed E-state index contributed by atoms with van der Waals surface area (Å²) in [6, 6.07) is 6.18. The monoisotopic (exact) mass is 575 g/mol. The molecule has 13 heteroatoms. The third-order valence-corrected chi connectivity index (χ3v) is 8.19. The summed E-state index contributed by atoms with van der Waals surface area (Å²) in [5, 5.41) is 11.8. The lowest BCUT2D eigenvalue weighted by molar-refractivity contribution is -0.138. The number of alkyl halides is 3. The molecule has 1 fully saturated rings. The fraction of sp³-hybridized carbons (Fsp3) is 0.370. The molecular formula is C27H28F3N5O4S. The number of carbonyl (C=O) groups is 1. The number of rotatable bonds is 6. The maximum atomic E-state index is 13.8. The SMILES string of the molecule is COc1cc(N2CCN(C3=Nc4c(C)csc4C(CC(=O)O)N3c3cc(C(F)(F)F)ccc3OC)CC2)ccn1. The number of hydrogen-bond acceptors (Lipinski definition) is 9. The predicted octanol–water partition coefficient (Wildman–Crippen LogP) is 5.33. The van der Waals surface area contributed by atoms with Crippen LogP contribution in [-0.4, -0.2) is 67.3 Å². The van der Waals surface area contributed by atoms with Gasteiger partial charge in [0.05, 0.1) is 48.5 Å². The van der Waals surface area contributed by atoms with E-state index in [1.165, 1.54) is 24.5 Å². The van der Waals surface area contributed by atoms with Crippen molar-refractivity contribution in [1.82, 2.24) is 9.88 Å². The molecule has 4 heterocycles. The van der Waals surface area contributed by atoms with E-state index in [0.29, 0.717) is 48.6 Å². The summed E-state index contributed by atoms with van der Waals surface area (Å²) in [6.45, 7) is 4.08. The highest BCUT2D eigenvalue weighted by atomic mass is 32.1. The number of benzene rings is 1. The molecule has 40 heavy (non-hydrogen) atoms. The van der Waals surface area contributed by atoms with Gasteiger partial charge in [0.1, 0.15) is 5.75 Å². The molecule has 3 aromatic rings. The van der Waals surface area contributed by atoms with Crippen LogP contribution in [0.3, 0.4) is 0 Å². The Labute approximate surface area is 233 Å². The van der Waals surface area contributed by atoms with Gasteiger partial charge in [-0.15, -0.1) is 11.3 Å². The molecule has 2 aromatic heterocycles. The van der Waals surface area contributed by atoms with Gasteiger partial charge in [0.2, 0.25) is 11.8 Å². The van der Waals surface area contributed by atoms with Crippen molar-refractivity contribution >= 4 is 40.3 Å². The third-order valence-electron chi connectivity index (χ3n) is 7.00. The number of hydrogen-bond donors (Lipinski definition) is 1. The number of carboxylic acids is 1. The molecule has 212 valence electrons. The highest BCUT2D eigenvalue weighted by molar-refractivity contribution is 7.10. The molecule has 1 unspecified atom stereocenters. The molecule has 5 rings (SSSR count). The number of anilines is 2. The minimum absolute atomic E-state index is 0.111. The summed E-state index contributed by atoms with van der Waals surface area (Å²) >= 11 is 1.35. The van der Waals surface area contributed by atoms with Crippen LogP contribution in [0.2, 0.25) is 0 Å². The minimum atomic E-state index is -4.60. The first-order chi connectivity index (χ1) is 19.1. The summed E-state index contributed by atoms with van der Waals surface area (Å²) in [7, 11) is 2.93. The van der Waals surface area contributed by atoms with Crippen molar-refractivity contribution in [2.75, 3.05) is 50.2 Å². The molecule has 0 spiro atoms. The smallest absolute Gasteiger partial charge is 0.416 e. The van der Waals surface area contributed by atoms with Crippen molar-refractivity contribution in [3.63, 3.8) is 0 Å². The topological polar surface area (TPSA) is 90.7 Å². The maximum absolute atomic E-state index is 13.8. The van der Waals surface area contributed by atoms with E-state index in [2.05, 4.69) is 9.88 Å². The normalized spacial score (nSPS) is 17.4. The van der Waals surface area contributed by atoms with Crippen molar-refractivity contribution < 1.29 is 32.5 Å². The third kappa shape index (κ3) is 5.25. The Balaban J connectivity index is 1.58. The number of piperazine rings is 1. The van der Waals surface area contributed by atoms with Crippen molar-refractivity contribution in [3.8, 4) is 11.6 Å². The predicted molar refractivity (Wildman–Crippen MR) is 146 cm³/mol. The molecule has 0 saturated carbocycles. The van der Waals surface area contributed by atoms with Crippen LogP contribution in [-0.2, 0) is 11.0 Å². The summed E-state index contributed by atoms with van der Waals surface area (Å²) in [5.74, 6) is 0.00666. The van der Waals surface area contributed by atoms with Gasteiger partial charge in [-0.2, -0.15) is 13.2 Å². The zero-order valence-corrected chi connectivity index (χ0v) is 22.9. The molecule has 0 aliphatic carbocycles. The van der Waals surface area contributed by atoms with Gasteiger partial charge in [0, 0.05) is 44.1 Å². The number of aliphatic carboxylic acids is 1. The number of guanidine groups is 1. The minimum Gasteiger partial charge on any atom is -0.495 e. The number of carboxylic acid groups (broad SMARTS) is 1. The van der Waals surface area contributed by atoms with E-state index in [9.17, 15) is 23.1 Å². The van der Waals surface area contributed by atoms with Gasteiger partial charge in [0.15, 0.2) is 0 Å². The van der Waals surface area contributed by atoms with Gasteiger partial charge in [-0.25, -0.2) is 9.98 Å². The molecule has 0 bridgehead atoms. The molecule has 1 aromatic carbocycles. The van der Waals surface area contributed by atoms with E-state index >= 15 is 0 Å². The van der Waals surface area contributed by atoms with Gasteiger partial charge < -0.3 is 24.4 Å². The Hall–Kier alpha value is -4.00. The second-order valence-electron chi connectivity index (χ2n) is 9.44. The Morgan fingerprint density at radius 3 is 2.48 bits per heavy atom. The fourth-order valence-corrected chi connectivity index (χ4v) is 6.10. The average Bonchev–Trinajstić information content (AvgIpc) is 3.32. The first-order valence-electron chi connectivity index (χ1n) is 12.5. The standard InChI is InChI=1S/C27H28F3N5O4S/c1-16-15-40-25-20(14-23(36)37)35(19-12-17(27(28,29)30)4-5-21(19)38-2)26(32-24(16)25)34-10-8-33(9-11-34)18-6-7-31-22(13-18)39-3/h4-7,12-13,15,20H,8-11,14H2,1-3H3,(H,36,37). The quantitative estimate of drug-likeness (QED) is 0.422. The second kappa shape index (κ2) is 10.9. The van der Waals surface area contributed by atoms with Crippen LogP contribution in [0, 0.1) is 6.92 Å². The van der Waals surface area contributed by atoms with Crippen LogP contribution in [0.25, 0.3) is 0 Å². The van der Waals surface area contributed by atoms with Crippen LogP contribution in [0.5, 0.6) is 11.6 Å². The maximum Gasteiger partial charge on any atom is 0.416 e. The lowest BCUT2D eigenvalue weighted by Gasteiger charge is -2.44. The van der Waals surface area contributed by atoms with E-state index in [0.717, 1.165) is 23.4 Å². The van der Waals surface area contributed by atoms with Gasteiger partial charge in [-0.1, -0.05) is 0 Å². The van der Waals surface area contributed by atoms with Crippen molar-refractivity contribution in [2.24, 2.45) is 4.99 Å². The first-order valence-corrected chi connectivity index (χ1v) is 13.4. The highest BCUT2D eigenvalue weighted by Gasteiger charge is 2.40. The number of aromatic nitrogens is 1. The number of fused-ring (bicyclic) bond motifs is 1. The number of aryl methyl sites for hydroxylation is 1. The number of ether oxygens (including phenoxy) is 2. The van der Waals surface area contributed by atoms with Crippen molar-refractivity contribution in [3.05, 3.63) is 57.9 Å². The van der Waals surface area contributed by atoms with Gasteiger partial charge in [0.25, 0.3) is 0 Å². The number of pyridine rings is 1. The van der Waals surface area contributed by atoms with E-state index < -0.39 is 23.8 Å². The molecule has 1 atom stereocenters. The lowest BCUT2D eigenvalue weighted by Crippen LogP contribution is -2.55. The Morgan fingerprint density at radius 1 is 1.10 bits per heavy atom. The molecule has 9 nitrogen and oxygen atoms in total. The first kappa shape index (κ1) is 27.6. The van der Waals surface area contributed by atoms with E-state index in [1.54, 1.807) is 18.2 Å². The zero-order chi connectivity index (χ0) is 28.6. The molecule has 1 N–H and O–H groups in total. The van der Waals surface area contributed by atoms with Crippen LogP contribution < -0.4 is 19.3 Å². The van der Waals surface area contributed by atoms with E-state index in [4.69, 9.17) is 14.5 Å². The van der Waals surface area contributed by atoms with Gasteiger partial charge in [-0.3, -0.25) is 9.69 Å². The number of thiophene rings is 1. The Kier molecular flexibility index (Phi) is 7.49. The molecule has 2 aliphatic rings. The van der Waals surface area contributed by atoms with Crippen LogP contribution in [0.4, 0.5) is 30.2 Å². The van der Waals surface area contributed by atoms with Crippen molar-refractivity contribution in [1.29, 1.82) is 0 Å². The summed E-state index contributed by atoms with van der Waals surface area (Å²) < 4.78 is 52.2. The van der Waals surface area contributed by atoms with Gasteiger partial charge in [-0.05, 0) is 42.1 Å². The summed E-state index contributed by atoms with van der Waals surface area (Å²) in [4.78, 5) is 27.6. The van der Waals surface area contributed by atoms with E-state index in [1.807, 2.05) is 29.3 Å². The van der Waals surface area contributed by atoms with Gasteiger partial charge >= 0.3 is 12.1 Å². The Bertz CT molecular complexity index is 1440. The Morgan fingerprint density at radius 2 is 1.82 bits per heavy atom. The average molecular weight is 576 g/mol. The number of methoxy groups -OCH3 is 2. The van der Waals surface area contributed by atoms with Crippen LogP contribution in [0.15, 0.2) is 46.9 Å². The number of nitrogens with zero attached hydrogens (tertiary/aromatic N) is 5. The molecule has 1 saturated heterocycles. The lowest BCUT2D eigenvalue weighted by atomic mass is 10.0. The summed E-state index contributed by atoms with van der Waals surface area (Å²) in [5.41, 5.74) is 1.73. The molecule has 0 radical (unpaired) electrons. The van der Waals surface area contributed by atoms with E-state index in [-0.39, 0.29) is 17.9 Å². The van der Waals surface area contributed by atoms with Crippen LogP contribution in [0.1, 0.15) is 28.5 Å². The fourth-order valence-electron chi connectivity index (χ4n) is 5.02. The molecule has 0 amide bonds. The zero-order valence-electron chi connectivity index (χ0n) is 22.1. The molecular weight excluding hydrogens is 547 g/mol. The number of halogens is 3. The second-order valence-corrected chi connectivity index (χ2v) is 10.4. The number of aliphatic imine (C=N–C) groups is 1. The molecule has 2 aliphatic heterocycles. The summed E-state index contributed by atoms with van der Waals surface area (Å²) in [6.07, 6.45) is -3.26.